The lowest BCUT2D eigenvalue weighted by Gasteiger charge is -2.40. The molecular formula is C43H49N7O10. The molecular weight excluding hydrogens is 775 g/mol. The molecule has 0 radical (unpaired) electrons. The van der Waals surface area contributed by atoms with Gasteiger partial charge in [0.1, 0.15) is 47.8 Å². The third kappa shape index (κ3) is 9.45. The normalized spacial score (nSPS) is 26.1. The zero-order valence-electron chi connectivity index (χ0n) is 33.6. The quantitative estimate of drug-likeness (QED) is 0.259. The van der Waals surface area contributed by atoms with Crippen molar-refractivity contribution in [3.8, 4) is 5.75 Å². The highest BCUT2D eigenvalue weighted by atomic mass is 16.5. The van der Waals surface area contributed by atoms with Gasteiger partial charge in [-0.2, -0.15) is 0 Å². The maximum Gasteiger partial charge on any atom is 0.333 e. The summed E-state index contributed by atoms with van der Waals surface area (Å²) in [5, 5.41) is 18.2. The van der Waals surface area contributed by atoms with Gasteiger partial charge in [-0.15, -0.1) is 0 Å². The van der Waals surface area contributed by atoms with E-state index in [1.54, 1.807) is 61.5 Å². The molecule has 316 valence electrons. The molecule has 17 nitrogen and oxygen atoms in total. The third-order valence-electron chi connectivity index (χ3n) is 11.2. The molecule has 3 aliphatic heterocycles. The standard InChI is InChI=1S/C43H49N7O10/c1-4-29-40(56)49-21-12-17-30(49)41(57)48(3)32(23-26-13-7-5-8-14-26)42(58)50-22-19-28(51)24-31(50)37(53)47-35(27-15-9-6-10-16-27)43(59)60-25(2)34(38(54)45-29)46-39(55)36-33(52)18-11-20-44-36/h5-11,13-16,18,20,25,29-32,34-35,52H,4,12,17,19,21-24H2,1-3H3,(H,45,54)(H,46,55)(H,47,53)/t25-,29-,30+,31+,32?,34+,35+/m1/s1. The Kier molecular flexibility index (Phi) is 13.6. The summed E-state index contributed by atoms with van der Waals surface area (Å²) >= 11 is 0. The van der Waals surface area contributed by atoms with Gasteiger partial charge < -0.3 is 40.5 Å². The number of carbonyl (C=O) groups is 8. The monoisotopic (exact) mass is 823 g/mol. The van der Waals surface area contributed by atoms with Crippen molar-refractivity contribution in [3.63, 3.8) is 0 Å². The Hall–Kier alpha value is -6.65. The van der Waals surface area contributed by atoms with Gasteiger partial charge in [-0.1, -0.05) is 67.6 Å². The van der Waals surface area contributed by atoms with Crippen LogP contribution in [0.3, 0.4) is 0 Å². The Morgan fingerprint density at radius 1 is 0.850 bits per heavy atom. The molecule has 3 aliphatic rings. The molecule has 4 N–H and O–H groups in total. The number of nitrogens with one attached hydrogen (secondary N) is 3. The molecule has 2 aromatic carbocycles. The number of aromatic hydroxyl groups is 1. The Balaban J connectivity index is 1.43. The maximum atomic E-state index is 14.8. The number of cyclic esters (lactones) is 1. The van der Waals surface area contributed by atoms with E-state index in [-0.39, 0.29) is 56.5 Å². The SMILES string of the molecule is CC[C@H]1NC(=O)[C@@H](NC(=O)c2ncccc2O)[C@@H](C)OC(=O)[C@H](c2ccccc2)NC(=O)[C@@H]2CC(=O)CCN2C(=O)C(Cc2ccccc2)N(C)C(=O)[C@@H]2CCCN2C1=O. The Morgan fingerprint density at radius 2 is 1.53 bits per heavy atom. The van der Waals surface area contributed by atoms with Crippen molar-refractivity contribution >= 4 is 47.2 Å². The smallest absolute Gasteiger partial charge is 0.333 e. The highest BCUT2D eigenvalue weighted by Crippen LogP contribution is 2.26. The van der Waals surface area contributed by atoms with E-state index in [1.807, 2.05) is 6.07 Å². The van der Waals surface area contributed by atoms with Crippen LogP contribution in [0.15, 0.2) is 79.0 Å². The minimum atomic E-state index is -1.68. The lowest BCUT2D eigenvalue weighted by atomic mass is 9.95. The number of pyridine rings is 1. The lowest BCUT2D eigenvalue weighted by Crippen LogP contribution is -2.61. The van der Waals surface area contributed by atoms with Crippen LogP contribution in [0.4, 0.5) is 0 Å². The number of Topliss-reactive ketones (excluding diaryl/α,β-unsaturated/α-hetero) is 1. The van der Waals surface area contributed by atoms with Crippen molar-refractivity contribution in [3.05, 3.63) is 95.8 Å². The highest BCUT2D eigenvalue weighted by molar-refractivity contribution is 6.01. The predicted molar refractivity (Wildman–Crippen MR) is 213 cm³/mol. The van der Waals surface area contributed by atoms with Crippen molar-refractivity contribution in [2.24, 2.45) is 0 Å². The Labute approximate surface area is 346 Å². The molecule has 4 heterocycles. The van der Waals surface area contributed by atoms with Crippen LogP contribution < -0.4 is 16.0 Å². The van der Waals surface area contributed by atoms with Crippen LogP contribution in [0.2, 0.25) is 0 Å². The van der Waals surface area contributed by atoms with Crippen molar-refractivity contribution in [1.29, 1.82) is 0 Å². The average molecular weight is 824 g/mol. The van der Waals surface area contributed by atoms with Crippen molar-refractivity contribution in [2.75, 3.05) is 20.1 Å². The molecule has 0 aliphatic carbocycles. The van der Waals surface area contributed by atoms with Crippen molar-refractivity contribution in [2.45, 2.75) is 94.7 Å². The number of rotatable bonds is 6. The van der Waals surface area contributed by atoms with E-state index in [2.05, 4.69) is 20.9 Å². The molecule has 0 saturated carbocycles. The molecule has 3 aromatic rings. The first-order valence-corrected chi connectivity index (χ1v) is 20.0. The second kappa shape index (κ2) is 18.9. The topological polar surface area (TPSA) is 225 Å². The number of hydrogen-bond donors (Lipinski definition) is 4. The maximum absolute atomic E-state index is 14.8. The summed E-state index contributed by atoms with van der Waals surface area (Å²) in [6.07, 6.45) is 0.235. The van der Waals surface area contributed by atoms with Gasteiger partial charge in [0.15, 0.2) is 11.7 Å². The van der Waals surface area contributed by atoms with E-state index in [0.717, 1.165) is 5.56 Å². The van der Waals surface area contributed by atoms with Gasteiger partial charge in [-0.25, -0.2) is 9.78 Å². The van der Waals surface area contributed by atoms with E-state index < -0.39 is 95.2 Å². The molecule has 3 fully saturated rings. The fourth-order valence-electron chi connectivity index (χ4n) is 7.88. The summed E-state index contributed by atoms with van der Waals surface area (Å²) in [5.74, 6) is -6.30. The molecule has 60 heavy (non-hydrogen) atoms. The molecule has 1 unspecified atom stereocenters. The number of ketones is 1. The summed E-state index contributed by atoms with van der Waals surface area (Å²) in [5.41, 5.74) is 0.560. The van der Waals surface area contributed by atoms with Crippen LogP contribution in [0.5, 0.6) is 5.75 Å². The van der Waals surface area contributed by atoms with Crippen LogP contribution in [-0.4, -0.2) is 128 Å². The molecule has 0 bridgehead atoms. The number of hydrogen-bond acceptors (Lipinski definition) is 11. The van der Waals surface area contributed by atoms with Crippen LogP contribution >= 0.6 is 0 Å². The number of benzene rings is 2. The number of likely N-dealkylation sites (N-methyl/N-ethyl adjacent to an activating group) is 1. The number of ether oxygens (including phenoxy) is 1. The minimum Gasteiger partial charge on any atom is -0.505 e. The number of nitrogens with zero attached hydrogens (tertiary/aromatic N) is 4. The van der Waals surface area contributed by atoms with Crippen molar-refractivity contribution < 1.29 is 48.2 Å². The zero-order valence-corrected chi connectivity index (χ0v) is 33.6. The van der Waals surface area contributed by atoms with Gasteiger partial charge in [-0.05, 0) is 49.4 Å². The Morgan fingerprint density at radius 3 is 2.22 bits per heavy atom. The fourth-order valence-corrected chi connectivity index (χ4v) is 7.88. The van der Waals surface area contributed by atoms with Gasteiger partial charge in [0.25, 0.3) is 5.91 Å². The molecule has 6 rings (SSSR count). The summed E-state index contributed by atoms with van der Waals surface area (Å²) < 4.78 is 5.83. The molecule has 3 saturated heterocycles. The third-order valence-corrected chi connectivity index (χ3v) is 11.2. The van der Waals surface area contributed by atoms with Gasteiger partial charge in [-0.3, -0.25) is 33.6 Å². The average Bonchev–Trinajstić information content (AvgIpc) is 3.75. The van der Waals surface area contributed by atoms with E-state index in [1.165, 1.54) is 47.0 Å². The van der Waals surface area contributed by atoms with Gasteiger partial charge in [0, 0.05) is 45.6 Å². The summed E-state index contributed by atoms with van der Waals surface area (Å²) in [6.45, 7) is 3.03. The largest absolute Gasteiger partial charge is 0.505 e. The Bertz CT molecular complexity index is 2120. The van der Waals surface area contributed by atoms with Gasteiger partial charge in [0.05, 0.1) is 0 Å². The minimum absolute atomic E-state index is 0.0410. The van der Waals surface area contributed by atoms with E-state index in [0.29, 0.717) is 6.42 Å². The summed E-state index contributed by atoms with van der Waals surface area (Å²) in [7, 11) is 1.47. The van der Waals surface area contributed by atoms with E-state index in [4.69, 9.17) is 4.74 Å². The molecule has 17 heteroatoms. The first-order valence-electron chi connectivity index (χ1n) is 20.0. The van der Waals surface area contributed by atoms with Gasteiger partial charge >= 0.3 is 5.97 Å². The first kappa shape index (κ1) is 42.9. The first-order chi connectivity index (χ1) is 28.8. The molecule has 6 amide bonds. The number of piperidine rings is 1. The van der Waals surface area contributed by atoms with E-state index in [9.17, 15) is 43.5 Å². The fraction of sp³-hybridized carbons (Fsp3) is 0.419. The van der Waals surface area contributed by atoms with Crippen LogP contribution in [0, 0.1) is 0 Å². The van der Waals surface area contributed by atoms with Gasteiger partial charge in [0.2, 0.25) is 29.5 Å². The number of esters is 1. The molecule has 1 aromatic heterocycles. The molecule has 7 atom stereocenters. The summed E-state index contributed by atoms with van der Waals surface area (Å²) in [4.78, 5) is 121. The number of aromatic nitrogens is 1. The number of carbonyl (C=O) groups excluding carboxylic acids is 8. The highest BCUT2D eigenvalue weighted by Gasteiger charge is 2.45. The number of fused-ring (bicyclic) bond motifs is 2. The van der Waals surface area contributed by atoms with Crippen molar-refractivity contribution in [1.82, 2.24) is 35.6 Å². The second-order valence-corrected chi connectivity index (χ2v) is 15.2. The lowest BCUT2D eigenvalue weighted by molar-refractivity contribution is -0.156. The second-order valence-electron chi connectivity index (χ2n) is 15.2. The zero-order chi connectivity index (χ0) is 43.1. The number of amides is 6. The predicted octanol–water partition coefficient (Wildman–Crippen LogP) is 1.20. The van der Waals surface area contributed by atoms with Crippen LogP contribution in [0.1, 0.15) is 73.6 Å². The van der Waals surface area contributed by atoms with Crippen LogP contribution in [-0.2, 0) is 44.7 Å². The molecule has 0 spiro atoms. The van der Waals surface area contributed by atoms with Crippen LogP contribution in [0.25, 0.3) is 0 Å². The summed E-state index contributed by atoms with van der Waals surface area (Å²) in [6, 6.07) is 11.7. The van der Waals surface area contributed by atoms with E-state index >= 15 is 0 Å².